The monoisotopic (exact) mass is 309 g/mol. The molecule has 3 aromatic rings. The van der Waals surface area contributed by atoms with Gasteiger partial charge in [-0.25, -0.2) is 4.98 Å². The molecule has 3 rings (SSSR count). The van der Waals surface area contributed by atoms with Crippen molar-refractivity contribution in [2.24, 2.45) is 7.05 Å². The second-order valence-corrected chi connectivity index (χ2v) is 5.42. The highest BCUT2D eigenvalue weighted by Crippen LogP contribution is 2.14. The molecule has 0 spiro atoms. The smallest absolute Gasteiger partial charge is 0.251 e. The quantitative estimate of drug-likeness (QED) is 0.788. The molecular formula is C18H19N3O2. The molecule has 0 atom stereocenters. The molecule has 0 unspecified atom stereocenters. The normalized spacial score (nSPS) is 10.7. The van der Waals surface area contributed by atoms with Crippen LogP contribution in [0.25, 0.3) is 11.0 Å². The predicted octanol–water partition coefficient (Wildman–Crippen LogP) is 2.55. The number of nitrogens with zero attached hydrogens (tertiary/aromatic N) is 2. The first-order valence-electron chi connectivity index (χ1n) is 7.49. The van der Waals surface area contributed by atoms with E-state index in [-0.39, 0.29) is 5.91 Å². The number of benzene rings is 2. The Morgan fingerprint density at radius 1 is 1.26 bits per heavy atom. The van der Waals surface area contributed by atoms with Crippen LogP contribution in [0.1, 0.15) is 15.9 Å². The van der Waals surface area contributed by atoms with Crippen LogP contribution in [0.15, 0.2) is 48.8 Å². The topological polar surface area (TPSA) is 56.1 Å². The number of hydrogen-bond donors (Lipinski definition) is 1. The summed E-state index contributed by atoms with van der Waals surface area (Å²) in [6.45, 7) is 0.576. The maximum atomic E-state index is 12.2. The molecule has 0 bridgehead atoms. The molecular weight excluding hydrogens is 290 g/mol. The molecule has 118 valence electrons. The fourth-order valence-electron chi connectivity index (χ4n) is 2.53. The largest absolute Gasteiger partial charge is 0.497 e. The Bertz CT molecular complexity index is 839. The van der Waals surface area contributed by atoms with E-state index in [9.17, 15) is 4.79 Å². The van der Waals surface area contributed by atoms with Crippen molar-refractivity contribution in [3.05, 3.63) is 59.9 Å². The van der Waals surface area contributed by atoms with E-state index >= 15 is 0 Å². The number of fused-ring (bicyclic) bond motifs is 1. The lowest BCUT2D eigenvalue weighted by Crippen LogP contribution is -2.25. The molecule has 1 heterocycles. The zero-order chi connectivity index (χ0) is 16.2. The Morgan fingerprint density at radius 3 is 2.96 bits per heavy atom. The van der Waals surface area contributed by atoms with Crippen molar-refractivity contribution in [2.75, 3.05) is 13.7 Å². The molecule has 1 aromatic heterocycles. The van der Waals surface area contributed by atoms with Crippen LogP contribution in [0, 0.1) is 0 Å². The van der Waals surface area contributed by atoms with Crippen molar-refractivity contribution >= 4 is 16.9 Å². The number of aromatic nitrogens is 2. The van der Waals surface area contributed by atoms with Gasteiger partial charge in [-0.1, -0.05) is 12.1 Å². The third kappa shape index (κ3) is 3.34. The second-order valence-electron chi connectivity index (χ2n) is 5.42. The van der Waals surface area contributed by atoms with Crippen molar-refractivity contribution in [2.45, 2.75) is 6.42 Å². The van der Waals surface area contributed by atoms with Gasteiger partial charge in [0.05, 0.1) is 24.5 Å². The first-order valence-corrected chi connectivity index (χ1v) is 7.49. The number of ether oxygens (including phenoxy) is 1. The lowest BCUT2D eigenvalue weighted by Gasteiger charge is -2.07. The van der Waals surface area contributed by atoms with Crippen LogP contribution >= 0.6 is 0 Å². The van der Waals surface area contributed by atoms with Crippen LogP contribution in [0.3, 0.4) is 0 Å². The molecule has 1 amide bonds. The van der Waals surface area contributed by atoms with E-state index in [1.165, 1.54) is 0 Å². The van der Waals surface area contributed by atoms with Gasteiger partial charge in [0.1, 0.15) is 5.75 Å². The summed E-state index contributed by atoms with van der Waals surface area (Å²) >= 11 is 0. The number of hydrogen-bond acceptors (Lipinski definition) is 3. The van der Waals surface area contributed by atoms with Crippen molar-refractivity contribution in [1.82, 2.24) is 14.9 Å². The highest BCUT2D eigenvalue weighted by atomic mass is 16.5. The molecule has 0 fully saturated rings. The summed E-state index contributed by atoms with van der Waals surface area (Å²) in [6.07, 6.45) is 2.50. The minimum absolute atomic E-state index is 0.0829. The highest BCUT2D eigenvalue weighted by Gasteiger charge is 2.08. The van der Waals surface area contributed by atoms with Crippen molar-refractivity contribution in [1.29, 1.82) is 0 Å². The summed E-state index contributed by atoms with van der Waals surface area (Å²) in [4.78, 5) is 16.5. The Morgan fingerprint density at radius 2 is 2.13 bits per heavy atom. The maximum absolute atomic E-state index is 12.2. The lowest BCUT2D eigenvalue weighted by atomic mass is 10.1. The van der Waals surface area contributed by atoms with Crippen LogP contribution in [-0.4, -0.2) is 29.1 Å². The van der Waals surface area contributed by atoms with Gasteiger partial charge in [-0.2, -0.15) is 0 Å². The summed E-state index contributed by atoms with van der Waals surface area (Å²) in [5.41, 5.74) is 3.59. The first-order chi connectivity index (χ1) is 11.2. The first kappa shape index (κ1) is 15.1. The number of carbonyl (C=O) groups excluding carboxylic acids is 1. The molecule has 5 heteroatoms. The van der Waals surface area contributed by atoms with E-state index in [0.717, 1.165) is 28.8 Å². The minimum Gasteiger partial charge on any atom is -0.497 e. The summed E-state index contributed by atoms with van der Waals surface area (Å²) in [7, 11) is 3.58. The van der Waals surface area contributed by atoms with E-state index in [1.807, 2.05) is 54.1 Å². The molecule has 0 saturated carbocycles. The average Bonchev–Trinajstić information content (AvgIpc) is 2.95. The third-order valence-corrected chi connectivity index (χ3v) is 3.82. The van der Waals surface area contributed by atoms with Gasteiger partial charge in [0.25, 0.3) is 5.91 Å². The minimum atomic E-state index is -0.0829. The third-order valence-electron chi connectivity index (χ3n) is 3.82. The van der Waals surface area contributed by atoms with Gasteiger partial charge >= 0.3 is 0 Å². The van der Waals surface area contributed by atoms with Gasteiger partial charge in [0.15, 0.2) is 0 Å². The highest BCUT2D eigenvalue weighted by molar-refractivity contribution is 5.97. The molecule has 0 aliphatic heterocycles. The fraction of sp³-hybridized carbons (Fsp3) is 0.222. The number of rotatable bonds is 5. The van der Waals surface area contributed by atoms with Crippen LogP contribution in [0.4, 0.5) is 0 Å². The summed E-state index contributed by atoms with van der Waals surface area (Å²) in [6, 6.07) is 13.4. The van der Waals surface area contributed by atoms with Crippen LogP contribution in [0.2, 0.25) is 0 Å². The van der Waals surface area contributed by atoms with E-state index in [2.05, 4.69) is 10.3 Å². The van der Waals surface area contributed by atoms with Crippen molar-refractivity contribution in [3.63, 3.8) is 0 Å². The van der Waals surface area contributed by atoms with E-state index < -0.39 is 0 Å². The fourth-order valence-corrected chi connectivity index (χ4v) is 2.53. The van der Waals surface area contributed by atoms with Crippen molar-refractivity contribution < 1.29 is 9.53 Å². The number of imidazole rings is 1. The predicted molar refractivity (Wildman–Crippen MR) is 89.7 cm³/mol. The average molecular weight is 309 g/mol. The van der Waals surface area contributed by atoms with Gasteiger partial charge in [-0.15, -0.1) is 0 Å². The molecule has 23 heavy (non-hydrogen) atoms. The number of aryl methyl sites for hydroxylation is 1. The van der Waals surface area contributed by atoms with Crippen LogP contribution in [0.5, 0.6) is 5.75 Å². The number of carbonyl (C=O) groups is 1. The molecule has 5 nitrogen and oxygen atoms in total. The zero-order valence-corrected chi connectivity index (χ0v) is 13.2. The number of amides is 1. The van der Waals surface area contributed by atoms with Crippen LogP contribution < -0.4 is 10.1 Å². The second kappa shape index (κ2) is 6.52. The Balaban J connectivity index is 1.61. The van der Waals surface area contributed by atoms with Crippen molar-refractivity contribution in [3.8, 4) is 5.75 Å². The van der Waals surface area contributed by atoms with Gasteiger partial charge in [-0.3, -0.25) is 4.79 Å². The van der Waals surface area contributed by atoms with Crippen LogP contribution in [-0.2, 0) is 13.5 Å². The lowest BCUT2D eigenvalue weighted by molar-refractivity contribution is 0.0954. The SMILES string of the molecule is COc1cccc(CCNC(=O)c2ccc3c(c2)ncn3C)c1. The summed E-state index contributed by atoms with van der Waals surface area (Å²) < 4.78 is 7.13. The van der Waals surface area contributed by atoms with Gasteiger partial charge in [0, 0.05) is 19.2 Å². The number of nitrogens with one attached hydrogen (secondary N) is 1. The van der Waals surface area contributed by atoms with Gasteiger partial charge in [0.2, 0.25) is 0 Å². The van der Waals surface area contributed by atoms with E-state index in [1.54, 1.807) is 13.4 Å². The number of methoxy groups -OCH3 is 1. The van der Waals surface area contributed by atoms with Gasteiger partial charge < -0.3 is 14.6 Å². The van der Waals surface area contributed by atoms with E-state index in [4.69, 9.17) is 4.74 Å². The molecule has 1 N–H and O–H groups in total. The summed E-state index contributed by atoms with van der Waals surface area (Å²) in [5, 5.41) is 2.94. The maximum Gasteiger partial charge on any atom is 0.251 e. The van der Waals surface area contributed by atoms with Gasteiger partial charge in [-0.05, 0) is 42.3 Å². The Hall–Kier alpha value is -2.82. The molecule has 0 saturated heterocycles. The molecule has 0 aliphatic carbocycles. The van der Waals surface area contributed by atoms with E-state index in [0.29, 0.717) is 12.1 Å². The molecule has 0 radical (unpaired) electrons. The standard InChI is InChI=1S/C18H19N3O2/c1-21-12-20-16-11-14(6-7-17(16)21)18(22)19-9-8-13-4-3-5-15(10-13)23-2/h3-7,10-12H,8-9H2,1-2H3,(H,19,22). The molecule has 2 aromatic carbocycles. The summed E-state index contributed by atoms with van der Waals surface area (Å²) in [5.74, 6) is 0.745. The Labute approximate surface area is 134 Å². The Kier molecular flexibility index (Phi) is 4.28. The zero-order valence-electron chi connectivity index (χ0n) is 13.2. The molecule has 0 aliphatic rings.